The first-order chi connectivity index (χ1) is 9.37. The fourth-order valence-corrected chi connectivity index (χ4v) is 2.88. The van der Waals surface area contributed by atoms with Crippen LogP contribution in [0.1, 0.15) is 12.0 Å². The van der Waals surface area contributed by atoms with E-state index < -0.39 is 10.0 Å². The van der Waals surface area contributed by atoms with Crippen molar-refractivity contribution in [1.82, 2.24) is 19.5 Å². The maximum absolute atomic E-state index is 12.3. The normalized spacial score (nSPS) is 12.3. The second-order valence-electron chi connectivity index (χ2n) is 5.02. The molecule has 0 saturated heterocycles. The van der Waals surface area contributed by atoms with Gasteiger partial charge < -0.3 is 10.2 Å². The summed E-state index contributed by atoms with van der Waals surface area (Å²) in [6, 6.07) is 3.34. The number of aromatic nitrogens is 1. The molecule has 0 aliphatic carbocycles. The average molecular weight is 300 g/mol. The highest BCUT2D eigenvalue weighted by molar-refractivity contribution is 7.89. The third-order valence-electron chi connectivity index (χ3n) is 2.93. The van der Waals surface area contributed by atoms with Crippen molar-refractivity contribution in [3.05, 3.63) is 23.9 Å². The Kier molecular flexibility index (Phi) is 6.54. The smallest absolute Gasteiger partial charge is 0.260 e. The molecule has 0 saturated carbocycles. The van der Waals surface area contributed by atoms with Gasteiger partial charge in [-0.25, -0.2) is 13.4 Å². The number of rotatable bonds is 8. The Balaban J connectivity index is 2.71. The van der Waals surface area contributed by atoms with Crippen molar-refractivity contribution in [1.29, 1.82) is 0 Å². The summed E-state index contributed by atoms with van der Waals surface area (Å²) in [6.07, 6.45) is 2.39. The Morgan fingerprint density at radius 1 is 1.20 bits per heavy atom. The van der Waals surface area contributed by atoms with Gasteiger partial charge in [-0.1, -0.05) is 6.07 Å². The van der Waals surface area contributed by atoms with Crippen molar-refractivity contribution in [2.45, 2.75) is 18.0 Å². The van der Waals surface area contributed by atoms with E-state index in [1.165, 1.54) is 4.31 Å². The van der Waals surface area contributed by atoms with Gasteiger partial charge in [0.2, 0.25) is 0 Å². The second-order valence-corrected chi connectivity index (χ2v) is 7.01. The van der Waals surface area contributed by atoms with E-state index >= 15 is 0 Å². The van der Waals surface area contributed by atoms with Crippen LogP contribution in [0, 0.1) is 0 Å². The fourth-order valence-electron chi connectivity index (χ4n) is 1.76. The lowest BCUT2D eigenvalue weighted by Gasteiger charge is -2.18. The molecule has 0 aliphatic heterocycles. The molecule has 1 aromatic heterocycles. The van der Waals surface area contributed by atoms with Crippen LogP contribution in [0.15, 0.2) is 23.4 Å². The van der Waals surface area contributed by atoms with Gasteiger partial charge in [0.15, 0.2) is 5.03 Å². The standard InChI is InChI=1S/C13H24N4O2S/c1-14-10-12-6-7-13(15-11-12)20(18,19)17(4)9-5-8-16(2)3/h6-7,11,14H,5,8-10H2,1-4H3. The average Bonchev–Trinajstić information content (AvgIpc) is 2.39. The van der Waals surface area contributed by atoms with E-state index in [1.807, 2.05) is 26.0 Å². The molecular weight excluding hydrogens is 276 g/mol. The van der Waals surface area contributed by atoms with E-state index in [0.29, 0.717) is 13.1 Å². The van der Waals surface area contributed by atoms with E-state index in [9.17, 15) is 8.42 Å². The molecular formula is C13H24N4O2S. The number of pyridine rings is 1. The van der Waals surface area contributed by atoms with Gasteiger partial charge in [-0.05, 0) is 45.7 Å². The summed E-state index contributed by atoms with van der Waals surface area (Å²) in [5.41, 5.74) is 0.960. The predicted molar refractivity (Wildman–Crippen MR) is 80.0 cm³/mol. The molecule has 1 aromatic rings. The van der Waals surface area contributed by atoms with Crippen molar-refractivity contribution in [2.24, 2.45) is 0 Å². The quantitative estimate of drug-likeness (QED) is 0.751. The molecule has 1 N–H and O–H groups in total. The van der Waals surface area contributed by atoms with Crippen LogP contribution in [0.25, 0.3) is 0 Å². The Morgan fingerprint density at radius 2 is 1.90 bits per heavy atom. The van der Waals surface area contributed by atoms with Gasteiger partial charge in [-0.15, -0.1) is 0 Å². The molecule has 0 spiro atoms. The summed E-state index contributed by atoms with van der Waals surface area (Å²) >= 11 is 0. The van der Waals surface area contributed by atoms with Crippen LogP contribution in [-0.2, 0) is 16.6 Å². The fraction of sp³-hybridized carbons (Fsp3) is 0.615. The summed E-state index contributed by atoms with van der Waals surface area (Å²) in [5, 5.41) is 3.10. The van der Waals surface area contributed by atoms with Crippen LogP contribution in [0.2, 0.25) is 0 Å². The van der Waals surface area contributed by atoms with Gasteiger partial charge >= 0.3 is 0 Å². The highest BCUT2D eigenvalue weighted by Gasteiger charge is 2.21. The second kappa shape index (κ2) is 7.68. The van der Waals surface area contributed by atoms with Crippen LogP contribution in [0.3, 0.4) is 0 Å². The molecule has 0 radical (unpaired) electrons. The Hall–Kier alpha value is -1.02. The summed E-state index contributed by atoms with van der Waals surface area (Å²) in [4.78, 5) is 6.09. The minimum absolute atomic E-state index is 0.102. The number of nitrogens with zero attached hydrogens (tertiary/aromatic N) is 3. The third kappa shape index (κ3) is 4.82. The molecule has 0 fully saturated rings. The monoisotopic (exact) mass is 300 g/mol. The van der Waals surface area contributed by atoms with Crippen LogP contribution >= 0.6 is 0 Å². The van der Waals surface area contributed by atoms with Gasteiger partial charge in [-0.2, -0.15) is 4.31 Å². The minimum atomic E-state index is -3.49. The number of hydrogen-bond acceptors (Lipinski definition) is 5. The van der Waals surface area contributed by atoms with Crippen LogP contribution in [0.5, 0.6) is 0 Å². The molecule has 0 atom stereocenters. The van der Waals surface area contributed by atoms with Crippen molar-refractivity contribution in [3.8, 4) is 0 Å². The first-order valence-electron chi connectivity index (χ1n) is 6.58. The van der Waals surface area contributed by atoms with Crippen molar-refractivity contribution in [3.63, 3.8) is 0 Å². The topological polar surface area (TPSA) is 65.5 Å². The molecule has 0 aromatic carbocycles. The molecule has 0 unspecified atom stereocenters. The van der Waals surface area contributed by atoms with Gasteiger partial charge in [0, 0.05) is 26.3 Å². The van der Waals surface area contributed by atoms with Crippen molar-refractivity contribution in [2.75, 3.05) is 41.3 Å². The maximum Gasteiger partial charge on any atom is 0.260 e. The number of hydrogen-bond donors (Lipinski definition) is 1. The predicted octanol–water partition coefficient (Wildman–Crippen LogP) is 0.373. The molecule has 1 rings (SSSR count). The third-order valence-corrected chi connectivity index (χ3v) is 4.70. The van der Waals surface area contributed by atoms with E-state index in [-0.39, 0.29) is 5.03 Å². The first kappa shape index (κ1) is 17.0. The SMILES string of the molecule is CNCc1ccc(S(=O)(=O)N(C)CCCN(C)C)nc1. The summed E-state index contributed by atoms with van der Waals surface area (Å²) in [7, 11) is 3.88. The van der Waals surface area contributed by atoms with Gasteiger partial charge in [-0.3, -0.25) is 0 Å². The van der Waals surface area contributed by atoms with E-state index in [2.05, 4.69) is 10.3 Å². The number of nitrogens with one attached hydrogen (secondary N) is 1. The van der Waals surface area contributed by atoms with E-state index in [0.717, 1.165) is 18.5 Å². The highest BCUT2D eigenvalue weighted by Crippen LogP contribution is 2.12. The molecule has 20 heavy (non-hydrogen) atoms. The number of sulfonamides is 1. The minimum Gasteiger partial charge on any atom is -0.316 e. The zero-order chi connectivity index (χ0) is 15.2. The largest absolute Gasteiger partial charge is 0.316 e. The Morgan fingerprint density at radius 3 is 2.40 bits per heavy atom. The Labute approximate surface area is 121 Å². The summed E-state index contributed by atoms with van der Waals surface area (Å²) in [6.45, 7) is 2.01. The lowest BCUT2D eigenvalue weighted by Crippen LogP contribution is -2.30. The molecule has 7 heteroatoms. The Bertz CT molecular complexity index is 500. The van der Waals surface area contributed by atoms with Crippen molar-refractivity contribution >= 4 is 10.0 Å². The van der Waals surface area contributed by atoms with E-state index in [4.69, 9.17) is 0 Å². The first-order valence-corrected chi connectivity index (χ1v) is 8.02. The zero-order valence-electron chi connectivity index (χ0n) is 12.6. The van der Waals surface area contributed by atoms with Crippen LogP contribution in [0.4, 0.5) is 0 Å². The van der Waals surface area contributed by atoms with Crippen molar-refractivity contribution < 1.29 is 8.42 Å². The molecule has 0 amide bonds. The molecule has 0 aliphatic rings. The van der Waals surface area contributed by atoms with Gasteiger partial charge in [0.05, 0.1) is 0 Å². The lowest BCUT2D eigenvalue weighted by atomic mass is 10.3. The van der Waals surface area contributed by atoms with E-state index in [1.54, 1.807) is 25.4 Å². The van der Waals surface area contributed by atoms with Gasteiger partial charge in [0.25, 0.3) is 10.0 Å². The molecule has 1 heterocycles. The molecule has 114 valence electrons. The van der Waals surface area contributed by atoms with Crippen LogP contribution < -0.4 is 5.32 Å². The van der Waals surface area contributed by atoms with Gasteiger partial charge in [0.1, 0.15) is 0 Å². The lowest BCUT2D eigenvalue weighted by molar-refractivity contribution is 0.370. The molecule has 6 nitrogen and oxygen atoms in total. The summed E-state index contributed by atoms with van der Waals surface area (Å²) in [5.74, 6) is 0. The maximum atomic E-state index is 12.3. The van der Waals surface area contributed by atoms with Crippen LogP contribution in [-0.4, -0.2) is 63.9 Å². The highest BCUT2D eigenvalue weighted by atomic mass is 32.2. The summed E-state index contributed by atoms with van der Waals surface area (Å²) < 4.78 is 26.0. The molecule has 0 bridgehead atoms. The zero-order valence-corrected chi connectivity index (χ0v) is 13.4.